The number of para-hydroxylation sites is 1. The minimum atomic E-state index is -0.376. The van der Waals surface area contributed by atoms with Crippen molar-refractivity contribution in [2.24, 2.45) is 0 Å². The lowest BCUT2D eigenvalue weighted by Gasteiger charge is -2.37. The monoisotopic (exact) mass is 327 g/mol. The third-order valence-corrected chi connectivity index (χ3v) is 4.60. The summed E-state index contributed by atoms with van der Waals surface area (Å²) in [6.07, 6.45) is 3.40. The van der Waals surface area contributed by atoms with Crippen molar-refractivity contribution in [2.75, 3.05) is 36.5 Å². The summed E-state index contributed by atoms with van der Waals surface area (Å²) < 4.78 is 11.5. The molecule has 2 fully saturated rings. The molecule has 0 aliphatic carbocycles. The number of benzene rings is 1. The second kappa shape index (κ2) is 6.33. The fraction of sp³-hybridized carbons (Fsp3) is 0.471. The predicted molar refractivity (Wildman–Crippen MR) is 90.4 cm³/mol. The first-order chi connectivity index (χ1) is 11.7. The van der Waals surface area contributed by atoms with Crippen molar-refractivity contribution in [3.8, 4) is 0 Å². The van der Waals surface area contributed by atoms with Gasteiger partial charge < -0.3 is 19.7 Å². The van der Waals surface area contributed by atoms with Crippen LogP contribution in [0, 0.1) is 6.92 Å². The number of anilines is 3. The molecule has 1 spiro atoms. The first-order valence-electron chi connectivity index (χ1n) is 8.29. The van der Waals surface area contributed by atoms with E-state index in [1.54, 1.807) is 6.20 Å². The van der Waals surface area contributed by atoms with E-state index in [-0.39, 0.29) is 5.79 Å². The van der Waals surface area contributed by atoms with Gasteiger partial charge in [0.15, 0.2) is 11.6 Å². The van der Waals surface area contributed by atoms with Gasteiger partial charge >= 0.3 is 0 Å². The molecule has 1 N–H and O–H groups in total. The van der Waals surface area contributed by atoms with Gasteiger partial charge in [-0.25, -0.2) is 0 Å². The van der Waals surface area contributed by atoms with E-state index in [0.29, 0.717) is 19.2 Å². The van der Waals surface area contributed by atoms with Crippen LogP contribution in [0.25, 0.3) is 0 Å². The predicted octanol–water partition coefficient (Wildman–Crippen LogP) is 2.27. The highest BCUT2D eigenvalue weighted by molar-refractivity contribution is 5.58. The van der Waals surface area contributed by atoms with Crippen LogP contribution >= 0.6 is 0 Å². The van der Waals surface area contributed by atoms with Gasteiger partial charge in [-0.15, -0.1) is 5.10 Å². The van der Waals surface area contributed by atoms with Gasteiger partial charge in [-0.3, -0.25) is 0 Å². The Labute approximate surface area is 141 Å². The van der Waals surface area contributed by atoms with Crippen LogP contribution in [0.1, 0.15) is 18.4 Å². The molecule has 0 radical (unpaired) electrons. The Balaban J connectivity index is 1.46. The van der Waals surface area contributed by atoms with Crippen molar-refractivity contribution in [3.63, 3.8) is 0 Å². The maximum Gasteiger partial charge on any atom is 0.249 e. The molecule has 2 aromatic rings. The van der Waals surface area contributed by atoms with E-state index >= 15 is 0 Å². The average molecular weight is 327 g/mol. The molecule has 2 saturated heterocycles. The van der Waals surface area contributed by atoms with Gasteiger partial charge in [0.2, 0.25) is 5.95 Å². The fourth-order valence-electron chi connectivity index (χ4n) is 3.20. The summed E-state index contributed by atoms with van der Waals surface area (Å²) in [5.74, 6) is 0.962. The lowest BCUT2D eigenvalue weighted by Crippen LogP contribution is -2.45. The Bertz CT molecular complexity index is 708. The molecule has 7 heteroatoms. The summed E-state index contributed by atoms with van der Waals surface area (Å²) in [6, 6.07) is 8.04. The molecule has 7 nitrogen and oxygen atoms in total. The molecule has 0 unspecified atom stereocenters. The largest absolute Gasteiger partial charge is 0.355 e. The van der Waals surface area contributed by atoms with Crippen LogP contribution in [-0.2, 0) is 9.47 Å². The third-order valence-electron chi connectivity index (χ3n) is 4.60. The van der Waals surface area contributed by atoms with Crippen LogP contribution in [0.15, 0.2) is 30.5 Å². The van der Waals surface area contributed by atoms with Crippen molar-refractivity contribution < 1.29 is 9.47 Å². The normalized spacial score (nSPS) is 19.6. The van der Waals surface area contributed by atoms with E-state index in [4.69, 9.17) is 9.47 Å². The molecule has 0 saturated carbocycles. The molecule has 126 valence electrons. The van der Waals surface area contributed by atoms with Crippen molar-refractivity contribution in [1.29, 1.82) is 0 Å². The molecular weight excluding hydrogens is 306 g/mol. The van der Waals surface area contributed by atoms with Crippen LogP contribution in [0.5, 0.6) is 0 Å². The molecule has 3 heterocycles. The van der Waals surface area contributed by atoms with E-state index in [9.17, 15) is 0 Å². The van der Waals surface area contributed by atoms with Crippen LogP contribution in [-0.4, -0.2) is 47.3 Å². The number of aryl methyl sites for hydroxylation is 1. The summed E-state index contributed by atoms with van der Waals surface area (Å²) in [6.45, 7) is 5.11. The van der Waals surface area contributed by atoms with Crippen LogP contribution in [0.3, 0.4) is 0 Å². The number of nitrogens with one attached hydrogen (secondary N) is 1. The fourth-order valence-corrected chi connectivity index (χ4v) is 3.20. The van der Waals surface area contributed by atoms with Gasteiger partial charge in [0, 0.05) is 31.6 Å². The Morgan fingerprint density at radius 1 is 1.12 bits per heavy atom. The van der Waals surface area contributed by atoms with Crippen molar-refractivity contribution in [2.45, 2.75) is 25.6 Å². The molecule has 2 aliphatic heterocycles. The average Bonchev–Trinajstić information content (AvgIpc) is 3.06. The third kappa shape index (κ3) is 3.05. The molecule has 24 heavy (non-hydrogen) atoms. The van der Waals surface area contributed by atoms with Crippen LogP contribution < -0.4 is 10.2 Å². The summed E-state index contributed by atoms with van der Waals surface area (Å²) in [5.41, 5.74) is 2.13. The quantitative estimate of drug-likeness (QED) is 0.927. The standard InChI is InChI=1S/C17H21N5O2/c1-13-4-2-3-5-14(13)19-16-20-15(12-18-21-16)22-8-6-17(7-9-22)23-10-11-24-17/h2-5,12H,6-11H2,1H3,(H,19,20,21). The molecule has 0 amide bonds. The van der Waals surface area contributed by atoms with Gasteiger partial charge in [-0.05, 0) is 18.6 Å². The van der Waals surface area contributed by atoms with Gasteiger partial charge in [-0.2, -0.15) is 10.1 Å². The molecule has 1 aromatic heterocycles. The lowest BCUT2D eigenvalue weighted by atomic mass is 10.0. The minimum Gasteiger partial charge on any atom is -0.355 e. The van der Waals surface area contributed by atoms with E-state index in [0.717, 1.165) is 43.0 Å². The van der Waals surface area contributed by atoms with Gasteiger partial charge in [-0.1, -0.05) is 18.2 Å². The summed E-state index contributed by atoms with van der Waals surface area (Å²) in [7, 11) is 0. The topological polar surface area (TPSA) is 72.4 Å². The lowest BCUT2D eigenvalue weighted by molar-refractivity contribution is -0.169. The first-order valence-corrected chi connectivity index (χ1v) is 8.29. The summed E-state index contributed by atoms with van der Waals surface area (Å²) >= 11 is 0. The second-order valence-electron chi connectivity index (χ2n) is 6.17. The zero-order chi connectivity index (χ0) is 16.4. The SMILES string of the molecule is Cc1ccccc1Nc1nncc(N2CCC3(CC2)OCCO3)n1. The number of aromatic nitrogens is 3. The Morgan fingerprint density at radius 2 is 1.88 bits per heavy atom. The van der Waals surface area contributed by atoms with Gasteiger partial charge in [0.05, 0.1) is 19.4 Å². The number of hydrogen-bond acceptors (Lipinski definition) is 7. The molecule has 0 bridgehead atoms. The van der Waals surface area contributed by atoms with Crippen molar-refractivity contribution >= 4 is 17.5 Å². The van der Waals surface area contributed by atoms with E-state index in [1.807, 2.05) is 31.2 Å². The smallest absolute Gasteiger partial charge is 0.249 e. The zero-order valence-electron chi connectivity index (χ0n) is 13.7. The number of ether oxygens (including phenoxy) is 2. The zero-order valence-corrected chi connectivity index (χ0v) is 13.7. The minimum absolute atomic E-state index is 0.376. The number of rotatable bonds is 3. The molecular formula is C17H21N5O2. The molecule has 0 atom stereocenters. The van der Waals surface area contributed by atoms with E-state index in [1.165, 1.54) is 0 Å². The summed E-state index contributed by atoms with van der Waals surface area (Å²) in [5, 5.41) is 11.4. The Hall–Kier alpha value is -2.25. The Kier molecular flexibility index (Phi) is 4.03. The van der Waals surface area contributed by atoms with Crippen molar-refractivity contribution in [3.05, 3.63) is 36.0 Å². The van der Waals surface area contributed by atoms with E-state index in [2.05, 4.69) is 25.4 Å². The second-order valence-corrected chi connectivity index (χ2v) is 6.17. The van der Waals surface area contributed by atoms with Crippen LogP contribution in [0.2, 0.25) is 0 Å². The molecule has 4 rings (SSSR count). The van der Waals surface area contributed by atoms with Crippen molar-refractivity contribution in [1.82, 2.24) is 15.2 Å². The highest BCUT2D eigenvalue weighted by Gasteiger charge is 2.40. The number of nitrogens with zero attached hydrogens (tertiary/aromatic N) is 4. The number of piperidine rings is 1. The maximum absolute atomic E-state index is 5.77. The molecule has 2 aliphatic rings. The maximum atomic E-state index is 5.77. The highest BCUT2D eigenvalue weighted by atomic mass is 16.7. The number of hydrogen-bond donors (Lipinski definition) is 1. The van der Waals surface area contributed by atoms with Crippen LogP contribution in [0.4, 0.5) is 17.5 Å². The van der Waals surface area contributed by atoms with Gasteiger partial charge in [0.25, 0.3) is 0 Å². The Morgan fingerprint density at radius 3 is 2.62 bits per heavy atom. The van der Waals surface area contributed by atoms with E-state index < -0.39 is 0 Å². The highest BCUT2D eigenvalue weighted by Crippen LogP contribution is 2.32. The first kappa shape index (κ1) is 15.3. The summed E-state index contributed by atoms with van der Waals surface area (Å²) in [4.78, 5) is 6.81. The van der Waals surface area contributed by atoms with Gasteiger partial charge in [0.1, 0.15) is 0 Å². The molecule has 1 aromatic carbocycles.